The van der Waals surface area contributed by atoms with Gasteiger partial charge < -0.3 is 9.88 Å². The average molecular weight is 514 g/mol. The minimum Gasteiger partial charge on any atom is -0.310 e. The van der Waals surface area contributed by atoms with E-state index in [2.05, 4.69) is 79.9 Å². The first kappa shape index (κ1) is 21.7. The van der Waals surface area contributed by atoms with Crippen molar-refractivity contribution in [1.82, 2.24) is 19.7 Å². The normalized spacial score (nSPS) is 11.0. The number of hydrogen-bond acceptors (Lipinski definition) is 6. The molecule has 1 amide bonds. The number of nitrogens with zero attached hydrogens (tertiary/aromatic N) is 4. The van der Waals surface area contributed by atoms with Crippen LogP contribution in [-0.2, 0) is 11.8 Å². The average Bonchev–Trinajstić information content (AvgIpc) is 3.31. The molecule has 1 aromatic carbocycles. The highest BCUT2D eigenvalue weighted by molar-refractivity contribution is 9.10. The molecule has 9 heteroatoms. The fraction of sp³-hybridized carbons (Fsp3) is 0.182. The molecule has 0 spiro atoms. The maximum Gasteiger partial charge on any atom is 0.236 e. The second-order valence-corrected chi connectivity index (χ2v) is 9.95. The Morgan fingerprint density at radius 2 is 1.94 bits per heavy atom. The highest BCUT2D eigenvalue weighted by Gasteiger charge is 2.19. The summed E-state index contributed by atoms with van der Waals surface area (Å²) in [5.74, 6) is 1.38. The summed E-state index contributed by atoms with van der Waals surface area (Å²) in [5.41, 5.74) is 4.62. The lowest BCUT2D eigenvalue weighted by Crippen LogP contribution is -2.15. The summed E-state index contributed by atoms with van der Waals surface area (Å²) >= 11 is 6.38. The Kier molecular flexibility index (Phi) is 6.54. The highest BCUT2D eigenvalue weighted by Crippen LogP contribution is 2.38. The minimum absolute atomic E-state index is 0.143. The first-order valence-electron chi connectivity index (χ1n) is 9.51. The first-order valence-corrected chi connectivity index (χ1v) is 12.2. The number of thioether (sulfide) groups is 1. The molecule has 31 heavy (non-hydrogen) atoms. The number of halogens is 1. The zero-order valence-electron chi connectivity index (χ0n) is 17.2. The largest absolute Gasteiger partial charge is 0.310 e. The fourth-order valence-corrected chi connectivity index (χ4v) is 4.94. The molecular formula is C22H20BrN5OS2. The third-order valence-corrected chi connectivity index (χ3v) is 7.12. The fourth-order valence-electron chi connectivity index (χ4n) is 3.13. The molecule has 0 bridgehead atoms. The van der Waals surface area contributed by atoms with Gasteiger partial charge in [-0.1, -0.05) is 41.6 Å². The third-order valence-electron chi connectivity index (χ3n) is 4.72. The number of thiophene rings is 1. The van der Waals surface area contributed by atoms with Crippen LogP contribution in [0.3, 0.4) is 0 Å². The molecule has 0 unspecified atom stereocenters. The van der Waals surface area contributed by atoms with E-state index in [1.807, 2.05) is 17.7 Å². The molecule has 0 aliphatic heterocycles. The number of pyridine rings is 1. The monoisotopic (exact) mass is 513 g/mol. The maximum atomic E-state index is 12.3. The predicted molar refractivity (Wildman–Crippen MR) is 131 cm³/mol. The van der Waals surface area contributed by atoms with E-state index >= 15 is 0 Å². The van der Waals surface area contributed by atoms with Crippen LogP contribution in [-0.4, -0.2) is 31.4 Å². The van der Waals surface area contributed by atoms with Gasteiger partial charge in [0.05, 0.1) is 5.75 Å². The van der Waals surface area contributed by atoms with Gasteiger partial charge in [0.25, 0.3) is 0 Å². The SMILES string of the molecule is Cc1ccc(-c2c(-c3nnc(SCC(=O)Nc4ccc(Br)cn4)n3C)csc2C)cc1. The zero-order valence-corrected chi connectivity index (χ0v) is 20.4. The van der Waals surface area contributed by atoms with Crippen LogP contribution >= 0.6 is 39.0 Å². The number of aromatic nitrogens is 4. The summed E-state index contributed by atoms with van der Waals surface area (Å²) in [6.07, 6.45) is 1.65. The van der Waals surface area contributed by atoms with E-state index in [0.29, 0.717) is 11.0 Å². The van der Waals surface area contributed by atoms with E-state index in [9.17, 15) is 4.79 Å². The Morgan fingerprint density at radius 3 is 2.65 bits per heavy atom. The van der Waals surface area contributed by atoms with E-state index in [0.717, 1.165) is 21.4 Å². The van der Waals surface area contributed by atoms with Gasteiger partial charge in [0.1, 0.15) is 5.82 Å². The lowest BCUT2D eigenvalue weighted by atomic mass is 10.0. The summed E-state index contributed by atoms with van der Waals surface area (Å²) in [4.78, 5) is 17.7. The van der Waals surface area contributed by atoms with Crippen LogP contribution < -0.4 is 5.32 Å². The van der Waals surface area contributed by atoms with Crippen LogP contribution in [0.1, 0.15) is 10.4 Å². The summed E-state index contributed by atoms with van der Waals surface area (Å²) in [6.45, 7) is 4.20. The summed E-state index contributed by atoms with van der Waals surface area (Å²) in [7, 11) is 1.93. The van der Waals surface area contributed by atoms with E-state index in [1.54, 1.807) is 23.6 Å². The zero-order chi connectivity index (χ0) is 22.0. The van der Waals surface area contributed by atoms with Crippen LogP contribution in [0, 0.1) is 13.8 Å². The summed E-state index contributed by atoms with van der Waals surface area (Å²) in [5, 5.41) is 14.3. The summed E-state index contributed by atoms with van der Waals surface area (Å²) in [6, 6.07) is 12.1. The molecular weight excluding hydrogens is 494 g/mol. The second-order valence-electron chi connectivity index (χ2n) is 7.01. The molecule has 3 heterocycles. The second kappa shape index (κ2) is 9.33. The Labute approximate surface area is 197 Å². The number of rotatable bonds is 6. The van der Waals surface area contributed by atoms with E-state index in [4.69, 9.17) is 0 Å². The Hall–Kier alpha value is -2.49. The van der Waals surface area contributed by atoms with Crippen LogP contribution in [0.15, 0.2) is 57.6 Å². The maximum absolute atomic E-state index is 12.3. The number of nitrogens with one attached hydrogen (secondary N) is 1. The number of aryl methyl sites for hydroxylation is 2. The van der Waals surface area contributed by atoms with Crippen molar-refractivity contribution < 1.29 is 4.79 Å². The quantitative estimate of drug-likeness (QED) is 0.334. The lowest BCUT2D eigenvalue weighted by Gasteiger charge is -2.08. The smallest absolute Gasteiger partial charge is 0.236 e. The number of carbonyl (C=O) groups is 1. The van der Waals surface area contributed by atoms with Crippen molar-refractivity contribution in [1.29, 1.82) is 0 Å². The minimum atomic E-state index is -0.143. The molecule has 0 saturated carbocycles. The molecule has 0 aliphatic carbocycles. The van der Waals surface area contributed by atoms with Crippen molar-refractivity contribution in [3.05, 3.63) is 62.9 Å². The van der Waals surface area contributed by atoms with Crippen molar-refractivity contribution in [2.75, 3.05) is 11.1 Å². The molecule has 0 atom stereocenters. The molecule has 158 valence electrons. The molecule has 0 saturated heterocycles. The van der Waals surface area contributed by atoms with E-state index < -0.39 is 0 Å². The molecule has 6 nitrogen and oxygen atoms in total. The van der Waals surface area contributed by atoms with Gasteiger partial charge in [-0.25, -0.2) is 4.98 Å². The van der Waals surface area contributed by atoms with Gasteiger partial charge in [-0.3, -0.25) is 4.79 Å². The van der Waals surface area contributed by atoms with Gasteiger partial charge in [0.2, 0.25) is 5.91 Å². The van der Waals surface area contributed by atoms with Gasteiger partial charge in [-0.15, -0.1) is 21.5 Å². The third kappa shape index (κ3) is 4.89. The molecule has 0 fully saturated rings. The number of carbonyl (C=O) groups excluding carboxylic acids is 1. The molecule has 0 aliphatic rings. The van der Waals surface area contributed by atoms with E-state index in [-0.39, 0.29) is 11.7 Å². The molecule has 4 rings (SSSR count). The van der Waals surface area contributed by atoms with Crippen molar-refractivity contribution >= 4 is 50.8 Å². The highest BCUT2D eigenvalue weighted by atomic mass is 79.9. The van der Waals surface area contributed by atoms with Crippen LogP contribution in [0.5, 0.6) is 0 Å². The molecule has 4 aromatic rings. The van der Waals surface area contributed by atoms with Gasteiger partial charge >= 0.3 is 0 Å². The van der Waals surface area contributed by atoms with Gasteiger partial charge in [0.15, 0.2) is 11.0 Å². The number of amides is 1. The Bertz CT molecular complexity index is 1220. The van der Waals surface area contributed by atoms with Gasteiger partial charge in [-0.05, 0) is 47.5 Å². The summed E-state index contributed by atoms with van der Waals surface area (Å²) < 4.78 is 2.80. The van der Waals surface area contributed by atoms with Crippen molar-refractivity contribution in [3.63, 3.8) is 0 Å². The number of benzene rings is 1. The lowest BCUT2D eigenvalue weighted by molar-refractivity contribution is -0.113. The standard InChI is InChI=1S/C22H20BrN5OS2/c1-13-4-6-15(7-5-13)20-14(2)30-11-17(20)21-26-27-22(28(21)3)31-12-19(29)25-18-9-8-16(23)10-24-18/h4-11H,12H2,1-3H3,(H,24,25,29). The van der Waals surface area contributed by atoms with Crippen molar-refractivity contribution in [2.24, 2.45) is 7.05 Å². The Morgan fingerprint density at radius 1 is 1.16 bits per heavy atom. The van der Waals surface area contributed by atoms with Gasteiger partial charge in [0, 0.05) is 39.1 Å². The molecule has 0 radical (unpaired) electrons. The predicted octanol–water partition coefficient (Wildman–Crippen LogP) is 5.72. The van der Waals surface area contributed by atoms with Crippen LogP contribution in [0.25, 0.3) is 22.5 Å². The van der Waals surface area contributed by atoms with Crippen LogP contribution in [0.2, 0.25) is 0 Å². The number of hydrogen-bond donors (Lipinski definition) is 1. The van der Waals surface area contributed by atoms with Gasteiger partial charge in [-0.2, -0.15) is 0 Å². The van der Waals surface area contributed by atoms with Crippen molar-refractivity contribution in [2.45, 2.75) is 19.0 Å². The topological polar surface area (TPSA) is 72.7 Å². The van der Waals surface area contributed by atoms with Crippen molar-refractivity contribution in [3.8, 4) is 22.5 Å². The molecule has 3 aromatic heterocycles. The molecule has 1 N–H and O–H groups in total. The number of anilines is 1. The van der Waals surface area contributed by atoms with Crippen LogP contribution in [0.4, 0.5) is 5.82 Å². The Balaban J connectivity index is 1.51. The van der Waals surface area contributed by atoms with E-state index in [1.165, 1.54) is 27.8 Å². The first-order chi connectivity index (χ1) is 14.9.